The van der Waals surface area contributed by atoms with Crippen molar-refractivity contribution in [2.75, 3.05) is 36.2 Å². The van der Waals surface area contributed by atoms with Crippen molar-refractivity contribution in [3.8, 4) is 28.1 Å². The van der Waals surface area contributed by atoms with Crippen LogP contribution < -0.4 is 29.9 Å². The van der Waals surface area contributed by atoms with Crippen molar-refractivity contribution in [1.29, 1.82) is 5.26 Å². The van der Waals surface area contributed by atoms with E-state index in [1.165, 1.54) is 19.9 Å². The summed E-state index contributed by atoms with van der Waals surface area (Å²) in [6, 6.07) is 17.0. The number of thiocarbonyl (C=S) groups is 1. The molecule has 15 nitrogen and oxygen atoms in total. The number of hydrogen-bond acceptors (Lipinski definition) is 13. The predicted octanol–water partition coefficient (Wildman–Crippen LogP) is 8.88. The maximum Gasteiger partial charge on any atom is 0.420 e. The van der Waals surface area contributed by atoms with Crippen molar-refractivity contribution in [2.24, 2.45) is 17.3 Å². The SMILES string of the molecule is Cc1ncsc1-c1ccc(CNC(=O)[C@@H]2C[C@@H](O)CC2C(=O)[C@@H](NC(=O)c2ccc(OCCOCCCOc3ncc(N4C(=S)N(c5ccc(C#N)c(C(F)(F)F)c5F)C(=O)C4(C)C)cc3F)cc2)C(C)(C)C)cc1. The second-order valence-electron chi connectivity index (χ2n) is 19.6. The lowest BCUT2D eigenvalue weighted by atomic mass is 9.77. The molecule has 1 unspecified atom stereocenters. The number of anilines is 2. The summed E-state index contributed by atoms with van der Waals surface area (Å²) >= 11 is 6.96. The Morgan fingerprint density at radius 2 is 1.65 bits per heavy atom. The summed E-state index contributed by atoms with van der Waals surface area (Å²) in [6.07, 6.45) is -4.43. The van der Waals surface area contributed by atoms with Crippen molar-refractivity contribution >= 4 is 63.5 Å². The number of Topliss-reactive ketones (excluding diaryl/α,β-unsaturated/α-hetero) is 1. The molecule has 0 radical (unpaired) electrons. The van der Waals surface area contributed by atoms with E-state index in [2.05, 4.69) is 20.6 Å². The number of benzene rings is 3. The Hall–Kier alpha value is -6.93. The Morgan fingerprint density at radius 3 is 2.28 bits per heavy atom. The average Bonchev–Trinajstić information content (AvgIpc) is 4.02. The minimum atomic E-state index is -5.25. The quantitative estimate of drug-likeness (QED) is 0.0403. The van der Waals surface area contributed by atoms with Gasteiger partial charge in [-0.3, -0.25) is 24.1 Å². The van der Waals surface area contributed by atoms with Crippen molar-refractivity contribution in [3.63, 3.8) is 0 Å². The number of halogens is 5. The van der Waals surface area contributed by atoms with Gasteiger partial charge in [-0.2, -0.15) is 18.4 Å². The molecule has 4 atom stereocenters. The highest BCUT2D eigenvalue weighted by Crippen LogP contribution is 2.43. The summed E-state index contributed by atoms with van der Waals surface area (Å²) < 4.78 is 88.8. The van der Waals surface area contributed by atoms with Gasteiger partial charge in [0.2, 0.25) is 5.91 Å². The maximum atomic E-state index is 15.4. The summed E-state index contributed by atoms with van der Waals surface area (Å²) in [5, 5.41) is 25.2. The molecule has 7 rings (SSSR count). The Labute approximate surface area is 439 Å². The average molecular weight is 1080 g/mol. The van der Waals surface area contributed by atoms with Crippen LogP contribution in [0, 0.1) is 47.1 Å². The van der Waals surface area contributed by atoms with Crippen molar-refractivity contribution in [1.82, 2.24) is 20.6 Å². The molecule has 2 aromatic heterocycles. The fourth-order valence-electron chi connectivity index (χ4n) is 8.98. The fraction of sp³-hybridized carbons (Fsp3) is 0.396. The fourth-order valence-corrected chi connectivity index (χ4v) is 10.3. The molecule has 3 amide bonds. The molecule has 1 aliphatic carbocycles. The Morgan fingerprint density at radius 1 is 0.960 bits per heavy atom. The first-order valence-electron chi connectivity index (χ1n) is 23.8. The van der Waals surface area contributed by atoms with Gasteiger partial charge in [0, 0.05) is 37.1 Å². The molecule has 0 spiro atoms. The number of nitriles is 1. The number of carbonyl (C=O) groups excluding carboxylic acids is 4. The van der Waals surface area contributed by atoms with Crippen LogP contribution in [0.4, 0.5) is 33.3 Å². The molecule has 75 heavy (non-hydrogen) atoms. The van der Waals surface area contributed by atoms with Gasteiger partial charge in [-0.25, -0.2) is 18.7 Å². The van der Waals surface area contributed by atoms with E-state index in [1.807, 2.05) is 52.0 Å². The van der Waals surface area contributed by atoms with Gasteiger partial charge in [0.05, 0.1) is 76.6 Å². The van der Waals surface area contributed by atoms with E-state index in [4.69, 9.17) is 31.7 Å². The monoisotopic (exact) mass is 1080 g/mol. The Bertz CT molecular complexity index is 3000. The Kier molecular flexibility index (Phi) is 17.0. The molecule has 2 fully saturated rings. The number of pyridine rings is 1. The first-order chi connectivity index (χ1) is 35.4. The minimum absolute atomic E-state index is 0.0158. The van der Waals surface area contributed by atoms with Crippen LogP contribution >= 0.6 is 23.6 Å². The van der Waals surface area contributed by atoms with Gasteiger partial charge in [0.15, 0.2) is 22.5 Å². The molecule has 1 aliphatic heterocycles. The van der Waals surface area contributed by atoms with Crippen LogP contribution in [0.5, 0.6) is 11.6 Å². The van der Waals surface area contributed by atoms with Gasteiger partial charge < -0.3 is 34.9 Å². The van der Waals surface area contributed by atoms with Gasteiger partial charge in [-0.1, -0.05) is 45.0 Å². The zero-order chi connectivity index (χ0) is 54.6. The number of aromatic nitrogens is 2. The standard InChI is InChI=1S/C53H54F5N7O8S2/c1-29-44(75-28-62-29)31-10-8-30(9-11-31)26-60-47(69)38-24-35(66)23-37(38)43(67)45(51(2,3)4)63-46(68)32-12-15-36(16-13-32)72-21-20-71-18-7-19-73-48-39(54)22-34(27-61-48)65-50(74)64(49(70)52(65,5)6)40-17-14-33(25-59)41(42(40)55)53(56,57)58/h8-17,22,27-28,35,37-38,45,66H,7,18-21,23-24,26H2,1-6H3,(H,60,69)(H,63,68)/t35-,37?,38+,45+/m0/s1. The van der Waals surface area contributed by atoms with Crippen LogP contribution in [0.25, 0.3) is 10.4 Å². The van der Waals surface area contributed by atoms with E-state index in [9.17, 15) is 37.5 Å². The molecule has 2 aliphatic rings. The third kappa shape index (κ3) is 12.4. The van der Waals surface area contributed by atoms with Crippen LogP contribution in [0.3, 0.4) is 0 Å². The van der Waals surface area contributed by atoms with Crippen LogP contribution in [-0.4, -0.2) is 87.8 Å². The third-order valence-corrected chi connectivity index (χ3v) is 14.2. The second kappa shape index (κ2) is 22.9. The zero-order valence-electron chi connectivity index (χ0n) is 41.7. The predicted molar refractivity (Wildman–Crippen MR) is 272 cm³/mol. The summed E-state index contributed by atoms with van der Waals surface area (Å²) in [6.45, 7) is 10.9. The molecule has 5 aromatic rings. The number of rotatable bonds is 19. The van der Waals surface area contributed by atoms with Crippen LogP contribution in [0.1, 0.15) is 86.6 Å². The topological polar surface area (TPSA) is 196 Å². The lowest BCUT2D eigenvalue weighted by molar-refractivity contribution is -0.140. The first-order valence-corrected chi connectivity index (χ1v) is 25.1. The lowest BCUT2D eigenvalue weighted by Gasteiger charge is -2.33. The van der Waals surface area contributed by atoms with E-state index >= 15 is 8.78 Å². The number of aliphatic hydroxyl groups is 1. The molecular formula is C53H54F5N7O8S2. The molecule has 0 bridgehead atoms. The summed E-state index contributed by atoms with van der Waals surface area (Å²) in [5.74, 6) is -6.43. The molecule has 3 heterocycles. The minimum Gasteiger partial charge on any atom is -0.491 e. The van der Waals surface area contributed by atoms with Crippen LogP contribution in [0.15, 0.2) is 78.4 Å². The summed E-state index contributed by atoms with van der Waals surface area (Å²) in [7, 11) is 0. The maximum absolute atomic E-state index is 15.4. The molecule has 396 valence electrons. The van der Waals surface area contributed by atoms with Gasteiger partial charge in [-0.15, -0.1) is 11.3 Å². The normalized spacial score (nSPS) is 17.9. The highest BCUT2D eigenvalue weighted by molar-refractivity contribution is 7.81. The number of hydrogen-bond donors (Lipinski definition) is 3. The number of nitrogens with one attached hydrogen (secondary N) is 2. The number of aliphatic hydroxyl groups excluding tert-OH is 1. The number of ether oxygens (including phenoxy) is 3. The molecule has 1 saturated carbocycles. The molecule has 3 aromatic carbocycles. The van der Waals surface area contributed by atoms with Crippen molar-refractivity contribution in [2.45, 2.75) is 91.2 Å². The molecule has 1 saturated heterocycles. The van der Waals surface area contributed by atoms with Crippen molar-refractivity contribution in [3.05, 3.63) is 118 Å². The van der Waals surface area contributed by atoms with E-state index in [0.717, 1.165) is 51.0 Å². The third-order valence-electron chi connectivity index (χ3n) is 12.9. The van der Waals surface area contributed by atoms with Crippen LogP contribution in [-0.2, 0) is 31.8 Å². The number of carbonyl (C=O) groups is 4. The highest BCUT2D eigenvalue weighted by Gasteiger charge is 2.52. The van der Waals surface area contributed by atoms with Crippen LogP contribution in [0.2, 0.25) is 0 Å². The largest absolute Gasteiger partial charge is 0.491 e. The lowest BCUT2D eigenvalue weighted by Crippen LogP contribution is -2.52. The van der Waals surface area contributed by atoms with E-state index in [1.54, 1.807) is 41.1 Å². The van der Waals surface area contributed by atoms with E-state index in [-0.39, 0.29) is 68.8 Å². The number of amides is 3. The summed E-state index contributed by atoms with van der Waals surface area (Å²) in [4.78, 5) is 65.9. The Balaban J connectivity index is 0.844. The van der Waals surface area contributed by atoms with Gasteiger partial charge in [0.1, 0.15) is 23.5 Å². The van der Waals surface area contributed by atoms with Crippen molar-refractivity contribution < 1.29 is 60.4 Å². The zero-order valence-corrected chi connectivity index (χ0v) is 43.4. The van der Waals surface area contributed by atoms with E-state index in [0.29, 0.717) is 17.1 Å². The number of nitrogens with zero attached hydrogens (tertiary/aromatic N) is 5. The number of alkyl halides is 3. The summed E-state index contributed by atoms with van der Waals surface area (Å²) in [5.41, 5.74) is -1.17. The smallest absolute Gasteiger partial charge is 0.420 e. The molecule has 22 heteroatoms. The van der Waals surface area contributed by atoms with Gasteiger partial charge >= 0.3 is 6.18 Å². The van der Waals surface area contributed by atoms with Gasteiger partial charge in [0.25, 0.3) is 17.7 Å². The first kappa shape index (κ1) is 55.8. The van der Waals surface area contributed by atoms with E-state index < -0.39 is 92.4 Å². The highest BCUT2D eigenvalue weighted by atomic mass is 32.1. The molecule has 3 N–H and O–H groups in total. The van der Waals surface area contributed by atoms with Gasteiger partial charge in [-0.05, 0) is 98.8 Å². The number of aryl methyl sites for hydroxylation is 1. The second-order valence-corrected chi connectivity index (χ2v) is 20.8. The molecular weight excluding hydrogens is 1020 g/mol. The number of ketones is 1. The number of thiazole rings is 1.